The molecule has 0 unspecified atom stereocenters. The summed E-state index contributed by atoms with van der Waals surface area (Å²) in [5.74, 6) is -2.48. The topological polar surface area (TPSA) is 166 Å². The Bertz CT molecular complexity index is 1680. The van der Waals surface area contributed by atoms with Gasteiger partial charge in [0.15, 0.2) is 29.1 Å². The average Bonchev–Trinajstić information content (AvgIpc) is 3.50. The van der Waals surface area contributed by atoms with Gasteiger partial charge in [-0.2, -0.15) is 0 Å². The molecule has 8 rings (SSSR count). The number of alkyl halides is 2. The van der Waals surface area contributed by atoms with Crippen LogP contribution in [0.25, 0.3) is 0 Å². The van der Waals surface area contributed by atoms with E-state index in [-0.39, 0.29) is 24.8 Å². The molecule has 10 nitrogen and oxygen atoms in total. The summed E-state index contributed by atoms with van der Waals surface area (Å²) < 4.78 is 63.0. The molecular weight excluding hydrogens is 659 g/mol. The Morgan fingerprint density at radius 2 is 1.78 bits per heavy atom. The number of Topliss-reactive ketones (excluding diaryl/α,β-unsaturated/α-hetero) is 1. The first-order chi connectivity index (χ1) is 22.9. The van der Waals surface area contributed by atoms with E-state index in [1.165, 1.54) is 31.9 Å². The number of rotatable bonds is 7. The van der Waals surface area contributed by atoms with Gasteiger partial charge in [-0.3, -0.25) is 14.1 Å². The van der Waals surface area contributed by atoms with Crippen LogP contribution in [0.5, 0.6) is 0 Å². The van der Waals surface area contributed by atoms with Gasteiger partial charge in [-0.05, 0) is 98.8 Å². The van der Waals surface area contributed by atoms with E-state index in [1.807, 2.05) is 24.3 Å². The van der Waals surface area contributed by atoms with Crippen molar-refractivity contribution in [3.63, 3.8) is 0 Å². The molecule has 6 fully saturated rings. The van der Waals surface area contributed by atoms with Gasteiger partial charge in [0.25, 0.3) is 0 Å². The molecular formula is C36H44F2NO9P. The van der Waals surface area contributed by atoms with Crippen LogP contribution in [0.3, 0.4) is 0 Å². The maximum atomic E-state index is 17.7. The number of carbonyl (C=O) groups excluding carboxylic acids is 2. The first kappa shape index (κ1) is 34.0. The first-order valence-electron chi connectivity index (χ1n) is 17.3. The van der Waals surface area contributed by atoms with Crippen molar-refractivity contribution in [2.24, 2.45) is 39.7 Å². The van der Waals surface area contributed by atoms with E-state index in [0.29, 0.717) is 22.9 Å². The monoisotopic (exact) mass is 703 g/mol. The highest BCUT2D eigenvalue weighted by molar-refractivity contribution is 7.46. The Hall–Kier alpha value is -2.15. The summed E-state index contributed by atoms with van der Waals surface area (Å²) in [6, 6.07) is 8.09. The minimum atomic E-state index is -5.07. The number of carbonyl (C=O) groups is 2. The molecule has 0 amide bonds. The van der Waals surface area contributed by atoms with Crippen molar-refractivity contribution in [1.82, 2.24) is 0 Å². The molecule has 0 radical (unpaired) electrons. The number of nitrogens with two attached hydrogens (primary N) is 1. The summed E-state index contributed by atoms with van der Waals surface area (Å²) in [6.45, 7) is 2.18. The molecule has 1 aliphatic heterocycles. The van der Waals surface area contributed by atoms with Crippen LogP contribution in [0, 0.1) is 34.0 Å². The third-order valence-corrected chi connectivity index (χ3v) is 14.2. The lowest BCUT2D eigenvalue weighted by Crippen LogP contribution is -2.70. The zero-order valence-electron chi connectivity index (χ0n) is 27.6. The van der Waals surface area contributed by atoms with Gasteiger partial charge in [0.1, 0.15) is 12.8 Å². The van der Waals surface area contributed by atoms with Crippen molar-refractivity contribution in [1.29, 1.82) is 0 Å². The van der Waals surface area contributed by atoms with Crippen LogP contribution in [0.15, 0.2) is 48.1 Å². The molecule has 5 N–H and O–H groups in total. The van der Waals surface area contributed by atoms with Gasteiger partial charge in [0, 0.05) is 28.4 Å². The fraction of sp³-hybridized carbons (Fsp3) is 0.667. The first-order valence-corrected chi connectivity index (χ1v) is 18.8. The van der Waals surface area contributed by atoms with Gasteiger partial charge in [-0.25, -0.2) is 13.3 Å². The zero-order chi connectivity index (χ0) is 34.9. The molecule has 5 saturated carbocycles. The number of ether oxygens (including phenoxy) is 2. The van der Waals surface area contributed by atoms with Crippen molar-refractivity contribution in [3.05, 3.63) is 59.2 Å². The van der Waals surface area contributed by atoms with Crippen molar-refractivity contribution in [2.75, 3.05) is 6.61 Å². The Balaban J connectivity index is 1.09. The van der Waals surface area contributed by atoms with Crippen LogP contribution >= 0.6 is 7.82 Å². The molecule has 0 aromatic heterocycles. The summed E-state index contributed by atoms with van der Waals surface area (Å²) in [5.41, 5.74) is 1.01. The van der Waals surface area contributed by atoms with E-state index >= 15 is 8.78 Å². The number of aliphatic hydroxyl groups excluding tert-OH is 1. The number of hydrogen-bond acceptors (Lipinski definition) is 8. The van der Waals surface area contributed by atoms with Gasteiger partial charge < -0.3 is 30.1 Å². The number of phosphoric ester groups is 1. The number of ketones is 2. The Kier molecular flexibility index (Phi) is 7.58. The van der Waals surface area contributed by atoms with Crippen LogP contribution in [-0.2, 0) is 34.6 Å². The molecule has 1 spiro atoms. The maximum absolute atomic E-state index is 17.7. The van der Waals surface area contributed by atoms with Crippen LogP contribution in [0.2, 0.25) is 0 Å². The zero-order valence-corrected chi connectivity index (χ0v) is 28.5. The minimum absolute atomic E-state index is 0.0134. The van der Waals surface area contributed by atoms with Gasteiger partial charge in [-0.1, -0.05) is 37.3 Å². The Labute approximate surface area is 283 Å². The molecule has 1 heterocycles. The van der Waals surface area contributed by atoms with Gasteiger partial charge in [0.05, 0.1) is 12.2 Å². The van der Waals surface area contributed by atoms with E-state index in [1.54, 1.807) is 6.92 Å². The smallest absolute Gasteiger partial charge is 0.390 e. The second-order valence-corrected chi connectivity index (χ2v) is 17.7. The lowest BCUT2D eigenvalue weighted by atomic mass is 9.44. The van der Waals surface area contributed by atoms with Gasteiger partial charge in [-0.15, -0.1) is 0 Å². The quantitative estimate of drug-likeness (QED) is 0.297. The van der Waals surface area contributed by atoms with Gasteiger partial charge >= 0.3 is 7.82 Å². The number of phosphoric acid groups is 1. The fourth-order valence-electron chi connectivity index (χ4n) is 11.7. The van der Waals surface area contributed by atoms with E-state index in [9.17, 15) is 29.0 Å². The highest BCUT2D eigenvalue weighted by Crippen LogP contribution is 2.73. The van der Waals surface area contributed by atoms with Crippen molar-refractivity contribution >= 4 is 19.4 Å². The highest BCUT2D eigenvalue weighted by atomic mass is 31.2. The molecule has 49 heavy (non-hydrogen) atoms. The van der Waals surface area contributed by atoms with Crippen LogP contribution in [-0.4, -0.2) is 68.8 Å². The molecule has 1 aromatic carbocycles. The fourth-order valence-corrected chi connectivity index (χ4v) is 12.0. The minimum Gasteiger partial charge on any atom is -0.390 e. The Morgan fingerprint density at radius 3 is 2.43 bits per heavy atom. The van der Waals surface area contributed by atoms with E-state index in [2.05, 4.69) is 4.52 Å². The Morgan fingerprint density at radius 1 is 1.08 bits per heavy atom. The van der Waals surface area contributed by atoms with Crippen molar-refractivity contribution in [3.8, 4) is 0 Å². The SMILES string of the molecule is C[C@]12C=CC(=O)C=C1[C@@H](F)C[C@H]1[C@@H]3C[C@H]4O[C@@H](c5ccc(CC6CC7(CC(N)C7)C6)cc5)O[C@@]4(C(=O)COP(=O)(O)O)[C@@]3(C)C[C@H](O)[C@@]12F. The van der Waals surface area contributed by atoms with Crippen LogP contribution < -0.4 is 5.73 Å². The molecule has 1 aromatic rings. The summed E-state index contributed by atoms with van der Waals surface area (Å²) in [7, 11) is -5.07. The summed E-state index contributed by atoms with van der Waals surface area (Å²) in [6.07, 6.45) is 3.23. The third-order valence-electron chi connectivity index (χ3n) is 13.8. The third kappa shape index (κ3) is 4.78. The van der Waals surface area contributed by atoms with E-state index in [4.69, 9.17) is 15.2 Å². The summed E-state index contributed by atoms with van der Waals surface area (Å²) >= 11 is 0. The maximum Gasteiger partial charge on any atom is 0.470 e. The van der Waals surface area contributed by atoms with Crippen LogP contribution in [0.4, 0.5) is 8.78 Å². The normalized spacial score (nSPS) is 48.2. The number of benzene rings is 1. The van der Waals surface area contributed by atoms with E-state index in [0.717, 1.165) is 30.9 Å². The second kappa shape index (κ2) is 10.9. The molecule has 10 atom stereocenters. The van der Waals surface area contributed by atoms with Gasteiger partial charge in [0.2, 0.25) is 0 Å². The van der Waals surface area contributed by atoms with Crippen LogP contribution in [0.1, 0.15) is 76.2 Å². The lowest BCUT2D eigenvalue weighted by molar-refractivity contribution is -0.235. The molecule has 7 aliphatic rings. The van der Waals surface area contributed by atoms with Crippen molar-refractivity contribution < 1.29 is 51.8 Å². The van der Waals surface area contributed by atoms with E-state index < -0.39 is 84.6 Å². The van der Waals surface area contributed by atoms with Crippen molar-refractivity contribution in [2.45, 2.75) is 107 Å². The summed E-state index contributed by atoms with van der Waals surface area (Å²) in [5, 5.41) is 11.8. The second-order valence-electron chi connectivity index (χ2n) is 16.5. The number of fused-ring (bicyclic) bond motifs is 7. The molecule has 13 heteroatoms. The predicted octanol–water partition coefficient (Wildman–Crippen LogP) is 4.51. The molecule has 1 saturated heterocycles. The number of aliphatic hydroxyl groups is 1. The standard InChI is InChI=1S/C36H44F2NO9P/c1-32-8-7-23(40)10-26(32)27(37)11-25-24-12-30-36(29(42)18-46-49(43,44)45,33(24,2)17-28(41)35(25,32)38)48-31(47-30)21-5-3-19(4-6-21)9-20-13-34(14-20)15-22(39)16-34/h3-8,10,20,22,24-25,27-28,30-31,41H,9,11-18,39H2,1-2H3,(H2,43,44,45)/t20?,22?,24-,25-,27-,28-,30+,31+,32-,33-,34?,35-,36+/m0/s1. The number of allylic oxidation sites excluding steroid dienone is 4. The number of hydrogen-bond donors (Lipinski definition) is 4. The average molecular weight is 704 g/mol. The number of halogens is 2. The highest BCUT2D eigenvalue weighted by Gasteiger charge is 2.80. The molecule has 0 bridgehead atoms. The molecule has 6 aliphatic carbocycles. The lowest BCUT2D eigenvalue weighted by Gasteiger charge is -2.63. The summed E-state index contributed by atoms with van der Waals surface area (Å²) in [4.78, 5) is 45.3. The molecule has 266 valence electrons. The predicted molar refractivity (Wildman–Crippen MR) is 171 cm³/mol. The largest absolute Gasteiger partial charge is 0.470 e.